The van der Waals surface area contributed by atoms with E-state index < -0.39 is 0 Å². The van der Waals surface area contributed by atoms with Crippen LogP contribution in [-0.4, -0.2) is 29.7 Å². The largest absolute Gasteiger partial charge is 0.358 e. The Hall–Kier alpha value is -2.95. The number of carbonyl (C=O) groups is 1. The molecular formula is C20H22N4O. The van der Waals surface area contributed by atoms with Crippen LogP contribution in [0.15, 0.2) is 48.5 Å². The number of benzene rings is 2. The smallest absolute Gasteiger partial charge is 0.272 e. The van der Waals surface area contributed by atoms with E-state index >= 15 is 0 Å². The number of fused-ring (bicyclic) bond motifs is 1. The SMILES string of the molecule is CCN(C)c1nnc(C(=O)NCc2cccc(C)c2)c2ccccc12. The Balaban J connectivity index is 1.89. The first-order valence-corrected chi connectivity index (χ1v) is 8.40. The summed E-state index contributed by atoms with van der Waals surface area (Å²) in [5.41, 5.74) is 2.59. The number of hydrogen-bond donors (Lipinski definition) is 1. The van der Waals surface area contributed by atoms with Crippen molar-refractivity contribution in [3.8, 4) is 0 Å². The summed E-state index contributed by atoms with van der Waals surface area (Å²) in [5.74, 6) is 0.573. The second-order valence-corrected chi connectivity index (χ2v) is 6.10. The van der Waals surface area contributed by atoms with E-state index in [1.165, 1.54) is 5.56 Å². The maximum atomic E-state index is 12.6. The molecule has 1 heterocycles. The standard InChI is InChI=1S/C20H22N4O/c1-4-24(3)19-17-11-6-5-10-16(17)18(22-23-19)20(25)21-13-15-9-7-8-14(2)12-15/h5-12H,4,13H2,1-3H3,(H,21,25). The molecule has 3 rings (SSSR count). The monoisotopic (exact) mass is 334 g/mol. The maximum absolute atomic E-state index is 12.6. The summed E-state index contributed by atoms with van der Waals surface area (Å²) in [6.45, 7) is 5.37. The first kappa shape index (κ1) is 16.9. The second kappa shape index (κ2) is 7.30. The molecule has 5 nitrogen and oxygen atoms in total. The van der Waals surface area contributed by atoms with E-state index in [0.29, 0.717) is 12.2 Å². The number of carbonyl (C=O) groups excluding carboxylic acids is 1. The number of nitrogens with zero attached hydrogens (tertiary/aromatic N) is 3. The normalized spacial score (nSPS) is 10.7. The van der Waals surface area contributed by atoms with Crippen molar-refractivity contribution in [1.29, 1.82) is 0 Å². The van der Waals surface area contributed by atoms with Gasteiger partial charge in [-0.1, -0.05) is 54.1 Å². The predicted molar refractivity (Wildman–Crippen MR) is 101 cm³/mol. The third kappa shape index (κ3) is 3.60. The van der Waals surface area contributed by atoms with Gasteiger partial charge in [0.25, 0.3) is 5.91 Å². The molecule has 0 saturated carbocycles. The lowest BCUT2D eigenvalue weighted by Crippen LogP contribution is -2.25. The molecule has 1 aromatic heterocycles. The molecule has 1 N–H and O–H groups in total. The maximum Gasteiger partial charge on any atom is 0.272 e. The minimum atomic E-state index is -0.212. The van der Waals surface area contributed by atoms with Gasteiger partial charge in [-0.3, -0.25) is 4.79 Å². The zero-order chi connectivity index (χ0) is 17.8. The highest BCUT2D eigenvalue weighted by molar-refractivity contribution is 6.07. The molecule has 0 radical (unpaired) electrons. The Kier molecular flexibility index (Phi) is 4.93. The quantitative estimate of drug-likeness (QED) is 0.777. The first-order chi connectivity index (χ1) is 12.1. The lowest BCUT2D eigenvalue weighted by Gasteiger charge is -2.18. The topological polar surface area (TPSA) is 58.1 Å². The third-order valence-electron chi connectivity index (χ3n) is 4.25. The number of aromatic nitrogens is 2. The van der Waals surface area contributed by atoms with Crippen LogP contribution < -0.4 is 10.2 Å². The lowest BCUT2D eigenvalue weighted by molar-refractivity contribution is 0.0947. The van der Waals surface area contributed by atoms with Gasteiger partial charge >= 0.3 is 0 Å². The molecule has 128 valence electrons. The fourth-order valence-electron chi connectivity index (χ4n) is 2.78. The molecule has 0 spiro atoms. The van der Waals surface area contributed by atoms with Gasteiger partial charge in [-0.2, -0.15) is 0 Å². The average molecular weight is 334 g/mol. The van der Waals surface area contributed by atoms with Crippen LogP contribution in [0.4, 0.5) is 5.82 Å². The number of amides is 1. The van der Waals surface area contributed by atoms with Gasteiger partial charge in [0.1, 0.15) is 0 Å². The highest BCUT2D eigenvalue weighted by Crippen LogP contribution is 2.25. The molecule has 0 saturated heterocycles. The fraction of sp³-hybridized carbons (Fsp3) is 0.250. The number of hydrogen-bond acceptors (Lipinski definition) is 4. The van der Waals surface area contributed by atoms with Crippen molar-refractivity contribution in [1.82, 2.24) is 15.5 Å². The number of aryl methyl sites for hydroxylation is 1. The third-order valence-corrected chi connectivity index (χ3v) is 4.25. The second-order valence-electron chi connectivity index (χ2n) is 6.10. The molecule has 0 aliphatic carbocycles. The van der Waals surface area contributed by atoms with E-state index in [2.05, 4.69) is 28.5 Å². The minimum Gasteiger partial charge on any atom is -0.358 e. The molecule has 0 atom stereocenters. The van der Waals surface area contributed by atoms with Crippen molar-refractivity contribution in [3.05, 3.63) is 65.4 Å². The van der Waals surface area contributed by atoms with E-state index in [1.807, 2.05) is 61.3 Å². The molecule has 0 fully saturated rings. The molecule has 0 bridgehead atoms. The van der Waals surface area contributed by atoms with E-state index in [4.69, 9.17) is 0 Å². The van der Waals surface area contributed by atoms with Gasteiger partial charge in [0.2, 0.25) is 0 Å². The Morgan fingerprint density at radius 3 is 2.56 bits per heavy atom. The molecule has 0 unspecified atom stereocenters. The molecular weight excluding hydrogens is 312 g/mol. The Morgan fingerprint density at radius 1 is 1.08 bits per heavy atom. The Bertz CT molecular complexity index is 907. The molecule has 1 amide bonds. The van der Waals surface area contributed by atoms with Crippen LogP contribution >= 0.6 is 0 Å². The van der Waals surface area contributed by atoms with Gasteiger partial charge in [0.15, 0.2) is 11.5 Å². The van der Waals surface area contributed by atoms with Crippen molar-refractivity contribution in [2.75, 3.05) is 18.5 Å². The Morgan fingerprint density at radius 2 is 1.84 bits per heavy atom. The van der Waals surface area contributed by atoms with Crippen LogP contribution in [-0.2, 0) is 6.54 Å². The molecule has 2 aromatic carbocycles. The number of anilines is 1. The van der Waals surface area contributed by atoms with Crippen LogP contribution in [0.5, 0.6) is 0 Å². The summed E-state index contributed by atoms with van der Waals surface area (Å²) in [4.78, 5) is 14.7. The van der Waals surface area contributed by atoms with E-state index in [-0.39, 0.29) is 5.91 Å². The van der Waals surface area contributed by atoms with Gasteiger partial charge in [-0.15, -0.1) is 10.2 Å². The van der Waals surface area contributed by atoms with Crippen molar-refractivity contribution < 1.29 is 4.79 Å². The van der Waals surface area contributed by atoms with Crippen LogP contribution in [0.3, 0.4) is 0 Å². The summed E-state index contributed by atoms with van der Waals surface area (Å²) in [6, 6.07) is 15.8. The van der Waals surface area contributed by atoms with E-state index in [0.717, 1.165) is 28.7 Å². The number of nitrogens with one attached hydrogen (secondary N) is 1. The van der Waals surface area contributed by atoms with Gasteiger partial charge < -0.3 is 10.2 Å². The Labute approximate surface area is 147 Å². The predicted octanol–water partition coefficient (Wildman–Crippen LogP) is 3.32. The fourth-order valence-corrected chi connectivity index (χ4v) is 2.78. The number of rotatable bonds is 5. The summed E-state index contributed by atoms with van der Waals surface area (Å²) < 4.78 is 0. The van der Waals surface area contributed by atoms with E-state index in [1.54, 1.807) is 0 Å². The van der Waals surface area contributed by atoms with Gasteiger partial charge in [0, 0.05) is 30.9 Å². The minimum absolute atomic E-state index is 0.212. The summed E-state index contributed by atoms with van der Waals surface area (Å²) in [7, 11) is 1.97. The molecule has 25 heavy (non-hydrogen) atoms. The van der Waals surface area contributed by atoms with Gasteiger partial charge in [-0.25, -0.2) is 0 Å². The average Bonchev–Trinajstić information content (AvgIpc) is 2.64. The zero-order valence-electron chi connectivity index (χ0n) is 14.8. The molecule has 5 heteroatoms. The summed E-state index contributed by atoms with van der Waals surface area (Å²) in [5, 5.41) is 13.2. The molecule has 3 aromatic rings. The summed E-state index contributed by atoms with van der Waals surface area (Å²) >= 11 is 0. The van der Waals surface area contributed by atoms with Crippen molar-refractivity contribution in [3.63, 3.8) is 0 Å². The highest BCUT2D eigenvalue weighted by Gasteiger charge is 2.16. The van der Waals surface area contributed by atoms with Crippen LogP contribution in [0.2, 0.25) is 0 Å². The highest BCUT2D eigenvalue weighted by atomic mass is 16.1. The zero-order valence-corrected chi connectivity index (χ0v) is 14.8. The van der Waals surface area contributed by atoms with Crippen molar-refractivity contribution >= 4 is 22.5 Å². The van der Waals surface area contributed by atoms with Crippen LogP contribution in [0.25, 0.3) is 10.8 Å². The van der Waals surface area contributed by atoms with Crippen molar-refractivity contribution in [2.24, 2.45) is 0 Å². The first-order valence-electron chi connectivity index (χ1n) is 8.40. The van der Waals surface area contributed by atoms with Crippen LogP contribution in [0, 0.1) is 6.92 Å². The summed E-state index contributed by atoms with van der Waals surface area (Å²) in [6.07, 6.45) is 0. The lowest BCUT2D eigenvalue weighted by atomic mass is 10.1. The molecule has 0 aliphatic rings. The van der Waals surface area contributed by atoms with E-state index in [9.17, 15) is 4.79 Å². The van der Waals surface area contributed by atoms with Crippen molar-refractivity contribution in [2.45, 2.75) is 20.4 Å². The van der Waals surface area contributed by atoms with Crippen LogP contribution in [0.1, 0.15) is 28.5 Å². The molecule has 0 aliphatic heterocycles. The van der Waals surface area contributed by atoms with Gasteiger partial charge in [-0.05, 0) is 19.4 Å². The van der Waals surface area contributed by atoms with Gasteiger partial charge in [0.05, 0.1) is 0 Å².